The lowest BCUT2D eigenvalue weighted by Gasteiger charge is -2.16. The van der Waals surface area contributed by atoms with Gasteiger partial charge in [-0.15, -0.1) is 0 Å². The first-order valence-electron chi connectivity index (χ1n) is 8.40. The number of carbonyl (C=O) groups is 1. The van der Waals surface area contributed by atoms with Crippen LogP contribution < -0.4 is 16.3 Å². The van der Waals surface area contributed by atoms with Gasteiger partial charge in [0.1, 0.15) is 5.82 Å². The summed E-state index contributed by atoms with van der Waals surface area (Å²) in [7, 11) is 1.60. The molecule has 2 amide bonds. The van der Waals surface area contributed by atoms with Crippen LogP contribution in [0.1, 0.15) is 6.42 Å². The minimum atomic E-state index is -0.478. The predicted molar refractivity (Wildman–Crippen MR) is 107 cm³/mol. The molecule has 0 aliphatic heterocycles. The third kappa shape index (κ3) is 4.64. The molecule has 3 aromatic rings. The van der Waals surface area contributed by atoms with Crippen LogP contribution in [0.3, 0.4) is 0 Å². The Morgan fingerprint density at radius 2 is 2.00 bits per heavy atom. The smallest absolute Gasteiger partial charge is 0.349 e. The van der Waals surface area contributed by atoms with Gasteiger partial charge in [0.05, 0.1) is 5.52 Å². The molecule has 8 heteroatoms. The topological polar surface area (TPSA) is 85.2 Å². The van der Waals surface area contributed by atoms with Crippen LogP contribution >= 0.6 is 11.6 Å². The maximum Gasteiger partial charge on any atom is 0.349 e. The lowest BCUT2D eigenvalue weighted by molar-refractivity contribution is 0.190. The van der Waals surface area contributed by atoms with Crippen LogP contribution in [0.4, 0.5) is 16.3 Å². The molecule has 0 atom stereocenters. The van der Waals surface area contributed by atoms with Crippen molar-refractivity contribution in [3.63, 3.8) is 0 Å². The maximum absolute atomic E-state index is 12.5. The molecule has 3 rings (SSSR count). The highest BCUT2D eigenvalue weighted by Gasteiger charge is 2.14. The predicted octanol–water partition coefficient (Wildman–Crippen LogP) is 3.73. The van der Waals surface area contributed by atoms with Gasteiger partial charge in [0.25, 0.3) is 0 Å². The first-order chi connectivity index (χ1) is 13.1. The summed E-state index contributed by atoms with van der Waals surface area (Å²) < 4.78 is 6.50. The lowest BCUT2D eigenvalue weighted by Crippen LogP contribution is -2.30. The summed E-state index contributed by atoms with van der Waals surface area (Å²) in [5.74, 6) is 0.390. The molecule has 7 nitrogen and oxygen atoms in total. The molecule has 0 radical (unpaired) electrons. The van der Waals surface area contributed by atoms with E-state index < -0.39 is 11.7 Å². The standard InChI is InChI=1S/C19H19ClN4O3/c1-27-11-5-10-24-17(15-8-2-3-9-16(15)22-19(24)26)23-18(25)21-14-7-4-6-13(20)12-14/h2-4,6-9,12H,5,10-11H2,1H3,(H2,21,23,25). The molecule has 0 saturated heterocycles. The summed E-state index contributed by atoms with van der Waals surface area (Å²) in [6, 6.07) is 13.5. The summed E-state index contributed by atoms with van der Waals surface area (Å²) in [5.41, 5.74) is 0.637. The van der Waals surface area contributed by atoms with E-state index >= 15 is 0 Å². The number of fused-ring (bicyclic) bond motifs is 1. The summed E-state index contributed by atoms with van der Waals surface area (Å²) in [6.45, 7) is 0.866. The van der Waals surface area contributed by atoms with Gasteiger partial charge in [-0.3, -0.25) is 9.88 Å². The molecular weight excluding hydrogens is 368 g/mol. The largest absolute Gasteiger partial charge is 0.385 e. The van der Waals surface area contributed by atoms with Crippen LogP contribution in [0.5, 0.6) is 0 Å². The molecule has 1 heterocycles. The highest BCUT2D eigenvalue weighted by atomic mass is 35.5. The van der Waals surface area contributed by atoms with Crippen LogP contribution in [0.2, 0.25) is 5.02 Å². The van der Waals surface area contributed by atoms with Crippen molar-refractivity contribution >= 4 is 40.0 Å². The number of ether oxygens (including phenoxy) is 1. The Labute approximate surface area is 160 Å². The molecule has 0 aliphatic rings. The normalized spacial score (nSPS) is 10.7. The van der Waals surface area contributed by atoms with E-state index in [0.717, 1.165) is 0 Å². The number of hydrogen-bond acceptors (Lipinski definition) is 4. The van der Waals surface area contributed by atoms with Crippen molar-refractivity contribution in [1.29, 1.82) is 0 Å². The zero-order valence-electron chi connectivity index (χ0n) is 14.7. The number of nitrogens with one attached hydrogen (secondary N) is 2. The highest BCUT2D eigenvalue weighted by molar-refractivity contribution is 6.30. The van der Waals surface area contributed by atoms with E-state index in [0.29, 0.717) is 47.0 Å². The quantitative estimate of drug-likeness (QED) is 0.632. The third-order valence-corrected chi connectivity index (χ3v) is 4.16. The number of urea groups is 1. The van der Waals surface area contributed by atoms with Gasteiger partial charge in [-0.05, 0) is 36.8 Å². The van der Waals surface area contributed by atoms with Crippen molar-refractivity contribution in [2.24, 2.45) is 0 Å². The van der Waals surface area contributed by atoms with E-state index in [1.807, 2.05) is 12.1 Å². The SMILES string of the molecule is COCCCn1c(NC(=O)Nc2cccc(Cl)c2)c2ccccc2nc1=O. The Morgan fingerprint density at radius 1 is 1.19 bits per heavy atom. The van der Waals surface area contributed by atoms with Crippen LogP contribution in [-0.4, -0.2) is 29.3 Å². The van der Waals surface area contributed by atoms with Gasteiger partial charge in [-0.25, -0.2) is 9.59 Å². The molecule has 0 saturated carbocycles. The molecule has 1 aromatic heterocycles. The fraction of sp³-hybridized carbons (Fsp3) is 0.211. The van der Waals surface area contributed by atoms with Crippen molar-refractivity contribution in [2.75, 3.05) is 24.4 Å². The average Bonchev–Trinajstić information content (AvgIpc) is 2.64. The van der Waals surface area contributed by atoms with E-state index in [-0.39, 0.29) is 0 Å². The third-order valence-electron chi connectivity index (χ3n) is 3.92. The Hall–Kier alpha value is -2.90. The molecule has 140 valence electrons. The second-order valence-electron chi connectivity index (χ2n) is 5.85. The number of anilines is 2. The van der Waals surface area contributed by atoms with Crippen molar-refractivity contribution in [3.8, 4) is 0 Å². The molecule has 0 bridgehead atoms. The number of nitrogens with zero attached hydrogens (tertiary/aromatic N) is 2. The molecule has 2 aromatic carbocycles. The van der Waals surface area contributed by atoms with E-state index in [2.05, 4.69) is 15.6 Å². The number of hydrogen-bond donors (Lipinski definition) is 2. The van der Waals surface area contributed by atoms with Crippen LogP contribution in [0.15, 0.2) is 53.3 Å². The van der Waals surface area contributed by atoms with E-state index in [4.69, 9.17) is 16.3 Å². The molecular formula is C19H19ClN4O3. The minimum absolute atomic E-state index is 0.372. The monoisotopic (exact) mass is 386 g/mol. The van der Waals surface area contributed by atoms with E-state index in [1.54, 1.807) is 43.5 Å². The zero-order valence-corrected chi connectivity index (χ0v) is 15.5. The number of para-hydroxylation sites is 1. The number of benzene rings is 2. The number of amides is 2. The number of rotatable bonds is 6. The maximum atomic E-state index is 12.5. The van der Waals surface area contributed by atoms with Gasteiger partial charge in [0.15, 0.2) is 0 Å². The van der Waals surface area contributed by atoms with Gasteiger partial charge >= 0.3 is 11.7 Å². The van der Waals surface area contributed by atoms with Crippen molar-refractivity contribution in [2.45, 2.75) is 13.0 Å². The van der Waals surface area contributed by atoms with Crippen LogP contribution in [-0.2, 0) is 11.3 Å². The molecule has 0 fully saturated rings. The van der Waals surface area contributed by atoms with Gasteiger partial charge < -0.3 is 10.1 Å². The summed E-state index contributed by atoms with van der Waals surface area (Å²) in [6.07, 6.45) is 0.612. The average molecular weight is 387 g/mol. The Kier molecular flexibility index (Phi) is 6.05. The van der Waals surface area contributed by atoms with Crippen LogP contribution in [0.25, 0.3) is 10.9 Å². The summed E-state index contributed by atoms with van der Waals surface area (Å²) in [5, 5.41) is 6.68. The number of halogens is 1. The van der Waals surface area contributed by atoms with Gasteiger partial charge in [0, 0.05) is 36.4 Å². The van der Waals surface area contributed by atoms with E-state index in [1.165, 1.54) is 4.57 Å². The Balaban J connectivity index is 1.93. The van der Waals surface area contributed by atoms with Crippen molar-refractivity contribution in [1.82, 2.24) is 9.55 Å². The van der Waals surface area contributed by atoms with Crippen molar-refractivity contribution < 1.29 is 9.53 Å². The summed E-state index contributed by atoms with van der Waals surface area (Å²) in [4.78, 5) is 29.1. The Morgan fingerprint density at radius 3 is 2.78 bits per heavy atom. The zero-order chi connectivity index (χ0) is 19.2. The lowest BCUT2D eigenvalue weighted by atomic mass is 10.2. The number of aromatic nitrogens is 2. The molecule has 2 N–H and O–H groups in total. The van der Waals surface area contributed by atoms with Gasteiger partial charge in [-0.2, -0.15) is 4.98 Å². The van der Waals surface area contributed by atoms with Gasteiger partial charge in [0.2, 0.25) is 0 Å². The summed E-state index contributed by atoms with van der Waals surface area (Å²) >= 11 is 5.95. The van der Waals surface area contributed by atoms with Crippen LogP contribution in [0, 0.1) is 0 Å². The molecule has 0 aliphatic carbocycles. The van der Waals surface area contributed by atoms with Crippen molar-refractivity contribution in [3.05, 3.63) is 64.0 Å². The number of carbonyl (C=O) groups excluding carboxylic acids is 1. The molecule has 27 heavy (non-hydrogen) atoms. The fourth-order valence-corrected chi connectivity index (χ4v) is 2.91. The number of methoxy groups -OCH3 is 1. The molecule has 0 unspecified atom stereocenters. The van der Waals surface area contributed by atoms with Gasteiger partial charge in [-0.1, -0.05) is 29.8 Å². The molecule has 0 spiro atoms. The second kappa shape index (κ2) is 8.66. The van der Waals surface area contributed by atoms with E-state index in [9.17, 15) is 9.59 Å². The first-order valence-corrected chi connectivity index (χ1v) is 8.78. The minimum Gasteiger partial charge on any atom is -0.385 e. The first kappa shape index (κ1) is 18.9. The fourth-order valence-electron chi connectivity index (χ4n) is 2.72. The second-order valence-corrected chi connectivity index (χ2v) is 6.28. The Bertz CT molecular complexity index is 1020. The highest BCUT2D eigenvalue weighted by Crippen LogP contribution is 2.21.